The van der Waals surface area contributed by atoms with E-state index in [0.29, 0.717) is 21.9 Å². The summed E-state index contributed by atoms with van der Waals surface area (Å²) in [6.07, 6.45) is 0. The number of hydrogen-bond acceptors (Lipinski definition) is 2. The molecule has 0 fully saturated rings. The molecule has 0 aliphatic carbocycles. The number of halogens is 4. The maximum absolute atomic E-state index is 12.5. The van der Waals surface area contributed by atoms with Crippen LogP contribution in [0.5, 0.6) is 5.75 Å². The van der Waals surface area contributed by atoms with Gasteiger partial charge >= 0.3 is 58.4 Å². The van der Waals surface area contributed by atoms with Gasteiger partial charge in [0.05, 0.1) is 11.6 Å². The van der Waals surface area contributed by atoms with E-state index in [1.54, 1.807) is 12.1 Å². The molecule has 0 spiro atoms. The number of hydrogen-bond donors (Lipinski definition) is 0. The molecule has 0 saturated heterocycles. The molecule has 2 nitrogen and oxygen atoms in total. The van der Waals surface area contributed by atoms with E-state index in [-0.39, 0.29) is 58.0 Å². The summed E-state index contributed by atoms with van der Waals surface area (Å²) in [5, 5.41) is 9.10. The van der Waals surface area contributed by atoms with E-state index >= 15 is 0 Å². The zero-order valence-electron chi connectivity index (χ0n) is 11.7. The van der Waals surface area contributed by atoms with Crippen molar-refractivity contribution in [3.63, 3.8) is 0 Å². The zero-order valence-corrected chi connectivity index (χ0v) is 15.6. The molecule has 0 bridgehead atoms. The van der Waals surface area contributed by atoms with Gasteiger partial charge in [-0.3, -0.25) is 0 Å². The standard InChI is InChI=1S/C14H9BClF3NO.K/c16-14-7-10(8-20)1-2-11(14)9-21-13-5-3-12(4-6-13)15(17,18)19;/h1-7H,9H2;/q-1;+1. The maximum atomic E-state index is 12.5. The molecule has 0 atom stereocenters. The molecular formula is C14H9BClF3KNO. The van der Waals surface area contributed by atoms with E-state index in [1.165, 1.54) is 18.2 Å². The van der Waals surface area contributed by atoms with Crippen molar-refractivity contribution in [2.75, 3.05) is 0 Å². The Morgan fingerprint density at radius 2 is 1.73 bits per heavy atom. The van der Waals surface area contributed by atoms with Gasteiger partial charge < -0.3 is 17.7 Å². The smallest absolute Gasteiger partial charge is 0.489 e. The van der Waals surface area contributed by atoms with Crippen LogP contribution in [0, 0.1) is 11.3 Å². The molecule has 22 heavy (non-hydrogen) atoms. The summed E-state index contributed by atoms with van der Waals surface area (Å²) >= 11 is 5.98. The van der Waals surface area contributed by atoms with E-state index in [4.69, 9.17) is 21.6 Å². The van der Waals surface area contributed by atoms with Crippen molar-refractivity contribution < 1.29 is 69.1 Å². The summed E-state index contributed by atoms with van der Waals surface area (Å²) in [6.45, 7) is -4.89. The Morgan fingerprint density at radius 1 is 1.09 bits per heavy atom. The van der Waals surface area contributed by atoms with Crippen LogP contribution in [0.2, 0.25) is 5.02 Å². The molecule has 0 aliphatic rings. The number of ether oxygens (including phenoxy) is 1. The Balaban J connectivity index is 0.00000242. The Bertz CT molecular complexity index is 686. The first kappa shape index (κ1) is 19.6. The van der Waals surface area contributed by atoms with Crippen molar-refractivity contribution in [3.8, 4) is 11.8 Å². The van der Waals surface area contributed by atoms with Gasteiger partial charge in [0.2, 0.25) is 0 Å². The van der Waals surface area contributed by atoms with Gasteiger partial charge in [-0.15, -0.1) is 5.46 Å². The monoisotopic (exact) mass is 349 g/mol. The molecule has 0 heterocycles. The summed E-state index contributed by atoms with van der Waals surface area (Å²) in [7, 11) is 0. The van der Waals surface area contributed by atoms with Crippen LogP contribution in [-0.4, -0.2) is 6.98 Å². The number of nitriles is 1. The van der Waals surface area contributed by atoms with Gasteiger partial charge in [0, 0.05) is 10.6 Å². The van der Waals surface area contributed by atoms with E-state index in [2.05, 4.69) is 0 Å². The molecule has 2 aromatic carbocycles. The predicted molar refractivity (Wildman–Crippen MR) is 75.7 cm³/mol. The Hall–Kier alpha value is -0.489. The minimum Gasteiger partial charge on any atom is -0.489 e. The van der Waals surface area contributed by atoms with Gasteiger partial charge in [0.15, 0.2) is 0 Å². The van der Waals surface area contributed by atoms with Crippen molar-refractivity contribution in [1.29, 1.82) is 5.26 Å². The van der Waals surface area contributed by atoms with Gasteiger partial charge in [-0.1, -0.05) is 29.8 Å². The first-order valence-corrected chi connectivity index (χ1v) is 6.39. The van der Waals surface area contributed by atoms with Crippen LogP contribution in [0.15, 0.2) is 42.5 Å². The van der Waals surface area contributed by atoms with Crippen molar-refractivity contribution in [2.24, 2.45) is 0 Å². The summed E-state index contributed by atoms with van der Waals surface area (Å²) in [4.78, 5) is 0. The molecular weight excluding hydrogens is 341 g/mol. The first-order chi connectivity index (χ1) is 9.90. The van der Waals surface area contributed by atoms with Gasteiger partial charge in [0.1, 0.15) is 12.4 Å². The molecule has 0 amide bonds. The van der Waals surface area contributed by atoms with Crippen molar-refractivity contribution in [1.82, 2.24) is 0 Å². The second kappa shape index (κ2) is 8.39. The Morgan fingerprint density at radius 3 is 2.23 bits per heavy atom. The molecule has 108 valence electrons. The van der Waals surface area contributed by atoms with E-state index < -0.39 is 12.4 Å². The van der Waals surface area contributed by atoms with Crippen molar-refractivity contribution >= 4 is 24.0 Å². The number of benzene rings is 2. The molecule has 0 N–H and O–H groups in total. The molecule has 0 saturated carbocycles. The van der Waals surface area contributed by atoms with Crippen LogP contribution in [0.1, 0.15) is 11.1 Å². The average molecular weight is 350 g/mol. The minimum atomic E-state index is -5.00. The molecule has 2 aromatic rings. The molecule has 0 unspecified atom stereocenters. The van der Waals surface area contributed by atoms with Gasteiger partial charge in [-0.25, -0.2) is 0 Å². The quantitative estimate of drug-likeness (QED) is 0.767. The van der Waals surface area contributed by atoms with Crippen LogP contribution < -0.4 is 61.6 Å². The van der Waals surface area contributed by atoms with Crippen LogP contribution in [-0.2, 0) is 6.61 Å². The largest absolute Gasteiger partial charge is 1.00 e. The van der Waals surface area contributed by atoms with Gasteiger partial charge in [-0.05, 0) is 24.3 Å². The minimum absolute atomic E-state index is 0. The molecule has 8 heteroatoms. The van der Waals surface area contributed by atoms with Crippen molar-refractivity contribution in [2.45, 2.75) is 6.61 Å². The van der Waals surface area contributed by atoms with Crippen LogP contribution in [0.3, 0.4) is 0 Å². The summed E-state index contributed by atoms with van der Waals surface area (Å²) in [5.41, 5.74) is 0.416. The number of rotatable bonds is 4. The maximum Gasteiger partial charge on any atom is 1.00 e. The third kappa shape index (κ3) is 5.30. The SMILES string of the molecule is N#Cc1ccc(COc2ccc([B-](F)(F)F)cc2)c(Cl)c1.[K+]. The average Bonchev–Trinajstić information content (AvgIpc) is 2.45. The fourth-order valence-corrected chi connectivity index (χ4v) is 1.91. The summed E-state index contributed by atoms with van der Waals surface area (Å²) < 4.78 is 42.8. The normalized spacial score (nSPS) is 10.5. The van der Waals surface area contributed by atoms with E-state index in [9.17, 15) is 12.9 Å². The topological polar surface area (TPSA) is 33.0 Å². The summed E-state index contributed by atoms with van der Waals surface area (Å²) in [5.74, 6) is 0.319. The zero-order chi connectivity index (χ0) is 15.5. The number of nitrogens with zero attached hydrogens (tertiary/aromatic N) is 1. The molecule has 0 aliphatic heterocycles. The second-order valence-electron chi connectivity index (χ2n) is 4.35. The fourth-order valence-electron chi connectivity index (χ4n) is 1.68. The van der Waals surface area contributed by atoms with Crippen LogP contribution in [0.4, 0.5) is 12.9 Å². The molecule has 0 radical (unpaired) electrons. The van der Waals surface area contributed by atoms with Crippen molar-refractivity contribution in [3.05, 3.63) is 58.6 Å². The molecule has 2 rings (SSSR count). The third-order valence-corrected chi connectivity index (χ3v) is 3.19. The van der Waals surface area contributed by atoms with Crippen LogP contribution in [0.25, 0.3) is 0 Å². The fraction of sp³-hybridized carbons (Fsp3) is 0.0714. The van der Waals surface area contributed by atoms with E-state index in [1.807, 2.05) is 6.07 Å². The van der Waals surface area contributed by atoms with Gasteiger partial charge in [-0.2, -0.15) is 5.26 Å². The first-order valence-electron chi connectivity index (χ1n) is 6.01. The summed E-state index contributed by atoms with van der Waals surface area (Å²) in [6, 6.07) is 11.2. The van der Waals surface area contributed by atoms with E-state index in [0.717, 1.165) is 12.1 Å². The Kier molecular flexibility index (Phi) is 7.46. The molecule has 0 aromatic heterocycles. The third-order valence-electron chi connectivity index (χ3n) is 2.83. The van der Waals surface area contributed by atoms with Crippen LogP contribution >= 0.6 is 11.6 Å². The second-order valence-corrected chi connectivity index (χ2v) is 4.76. The van der Waals surface area contributed by atoms with Gasteiger partial charge in [0.25, 0.3) is 0 Å². The Labute approximate surface area is 173 Å². The predicted octanol–water partition coefficient (Wildman–Crippen LogP) is 0.849.